The molecule has 0 heterocycles. The predicted octanol–water partition coefficient (Wildman–Crippen LogP) is 2.08. The summed E-state index contributed by atoms with van der Waals surface area (Å²) in [4.78, 5) is 22.2. The van der Waals surface area contributed by atoms with E-state index in [-0.39, 0.29) is 17.9 Å². The number of rotatable bonds is 4. The van der Waals surface area contributed by atoms with Crippen molar-refractivity contribution in [1.82, 2.24) is 0 Å². The van der Waals surface area contributed by atoms with E-state index in [2.05, 4.69) is 4.74 Å². The Hall–Kier alpha value is -0.710. The molecule has 0 bridgehead atoms. The minimum absolute atomic E-state index is 0.0471. The van der Waals surface area contributed by atoms with Crippen LogP contribution in [0.5, 0.6) is 0 Å². The molecule has 0 amide bonds. The van der Waals surface area contributed by atoms with Gasteiger partial charge in [0, 0.05) is 5.75 Å². The number of hydrogen-bond donors (Lipinski definition) is 0. The van der Waals surface area contributed by atoms with Gasteiger partial charge in [0.25, 0.3) is 0 Å². The van der Waals surface area contributed by atoms with Gasteiger partial charge in [0.1, 0.15) is 6.61 Å². The van der Waals surface area contributed by atoms with Crippen molar-refractivity contribution in [3.05, 3.63) is 0 Å². The van der Waals surface area contributed by atoms with E-state index in [1.165, 1.54) is 7.11 Å². The van der Waals surface area contributed by atoms with E-state index < -0.39 is 5.41 Å². The molecule has 0 aliphatic rings. The van der Waals surface area contributed by atoms with Gasteiger partial charge < -0.3 is 9.47 Å². The highest BCUT2D eigenvalue weighted by molar-refractivity contribution is 8.13. The number of methoxy groups -OCH3 is 1. The molecule has 0 unspecified atom stereocenters. The topological polar surface area (TPSA) is 52.6 Å². The van der Waals surface area contributed by atoms with E-state index in [0.717, 1.165) is 11.8 Å². The summed E-state index contributed by atoms with van der Waals surface area (Å²) in [6.45, 7) is 5.24. The molecule has 0 saturated carbocycles. The van der Waals surface area contributed by atoms with Gasteiger partial charge >= 0.3 is 11.3 Å². The fraction of sp³-hybridized carbons (Fsp3) is 0.778. The van der Waals surface area contributed by atoms with Crippen molar-refractivity contribution < 1.29 is 19.1 Å². The Morgan fingerprint density at radius 2 is 1.93 bits per heavy atom. The van der Waals surface area contributed by atoms with Crippen LogP contribution in [0.25, 0.3) is 0 Å². The third-order valence-corrected chi connectivity index (χ3v) is 2.19. The van der Waals surface area contributed by atoms with Crippen molar-refractivity contribution in [2.45, 2.75) is 20.8 Å². The first kappa shape index (κ1) is 13.3. The molecule has 0 radical (unpaired) electrons. The highest BCUT2D eigenvalue weighted by atomic mass is 32.2. The molecule has 0 rings (SSSR count). The summed E-state index contributed by atoms with van der Waals surface area (Å²) in [5, 5.41) is -0.357. The zero-order valence-corrected chi connectivity index (χ0v) is 9.77. The molecular weight excluding hydrogens is 204 g/mol. The summed E-state index contributed by atoms with van der Waals surface area (Å²) in [5.41, 5.74) is -0.779. The Balaban J connectivity index is 3.98. The summed E-state index contributed by atoms with van der Waals surface area (Å²) in [5.74, 6) is 0.282. The largest absolute Gasteiger partial charge is 0.469 e. The van der Waals surface area contributed by atoms with E-state index in [1.807, 2.05) is 6.92 Å². The van der Waals surface area contributed by atoms with Crippen molar-refractivity contribution in [2.75, 3.05) is 19.5 Å². The van der Waals surface area contributed by atoms with E-state index >= 15 is 0 Å². The molecule has 0 spiro atoms. The van der Waals surface area contributed by atoms with Crippen LogP contribution < -0.4 is 0 Å². The molecule has 0 aromatic carbocycles. The average molecular weight is 220 g/mol. The first-order valence-electron chi connectivity index (χ1n) is 4.32. The minimum Gasteiger partial charge on any atom is -0.469 e. The smallest absolute Gasteiger partial charge is 0.367 e. The average Bonchev–Trinajstić information content (AvgIpc) is 2.14. The quantitative estimate of drug-likeness (QED) is 0.679. The first-order chi connectivity index (χ1) is 6.44. The van der Waals surface area contributed by atoms with Crippen LogP contribution >= 0.6 is 11.8 Å². The van der Waals surface area contributed by atoms with Gasteiger partial charge in [-0.05, 0) is 25.6 Å². The maximum Gasteiger partial charge on any atom is 0.367 e. The molecule has 5 heteroatoms. The number of thioether (sulfide) groups is 1. The molecule has 0 aliphatic heterocycles. The Kier molecular flexibility index (Phi) is 5.60. The second kappa shape index (κ2) is 5.90. The number of carbonyl (C=O) groups is 2. The highest BCUT2D eigenvalue weighted by Crippen LogP contribution is 2.18. The van der Waals surface area contributed by atoms with Crippen molar-refractivity contribution in [1.29, 1.82) is 0 Å². The van der Waals surface area contributed by atoms with Gasteiger partial charge in [0.15, 0.2) is 0 Å². The van der Waals surface area contributed by atoms with Crippen molar-refractivity contribution in [2.24, 2.45) is 5.41 Å². The molecule has 0 N–H and O–H groups in total. The van der Waals surface area contributed by atoms with E-state index in [0.29, 0.717) is 5.75 Å². The van der Waals surface area contributed by atoms with Crippen LogP contribution in [0.15, 0.2) is 0 Å². The summed E-state index contributed by atoms with van der Waals surface area (Å²) >= 11 is 1.08. The molecule has 0 fully saturated rings. The van der Waals surface area contributed by atoms with Crippen LogP contribution in [0.4, 0.5) is 4.79 Å². The number of hydrogen-bond acceptors (Lipinski definition) is 5. The van der Waals surface area contributed by atoms with Crippen LogP contribution in [-0.2, 0) is 14.3 Å². The van der Waals surface area contributed by atoms with Crippen LogP contribution in [0.3, 0.4) is 0 Å². The third-order valence-electron chi connectivity index (χ3n) is 1.55. The molecule has 82 valence electrons. The highest BCUT2D eigenvalue weighted by Gasteiger charge is 2.30. The van der Waals surface area contributed by atoms with Gasteiger partial charge in [-0.3, -0.25) is 4.79 Å². The van der Waals surface area contributed by atoms with Gasteiger partial charge in [-0.1, -0.05) is 6.92 Å². The monoisotopic (exact) mass is 220 g/mol. The van der Waals surface area contributed by atoms with Gasteiger partial charge in [-0.15, -0.1) is 0 Å². The lowest BCUT2D eigenvalue weighted by atomic mass is 9.95. The molecule has 0 aliphatic carbocycles. The Bertz CT molecular complexity index is 213. The molecule has 14 heavy (non-hydrogen) atoms. The Labute approximate surface area is 88.3 Å². The third kappa shape index (κ3) is 4.50. The first-order valence-corrected chi connectivity index (χ1v) is 5.30. The predicted molar refractivity (Wildman–Crippen MR) is 55.3 cm³/mol. The van der Waals surface area contributed by atoms with Gasteiger partial charge in [0.2, 0.25) is 0 Å². The van der Waals surface area contributed by atoms with Crippen LogP contribution in [0, 0.1) is 5.41 Å². The Morgan fingerprint density at radius 3 is 2.36 bits per heavy atom. The SMILES string of the molecule is CCSC(=O)OCC(C)(C)C(=O)OC. The van der Waals surface area contributed by atoms with Crippen LogP contribution in [-0.4, -0.2) is 30.7 Å². The molecule has 4 nitrogen and oxygen atoms in total. The van der Waals surface area contributed by atoms with Crippen molar-refractivity contribution in [3.8, 4) is 0 Å². The maximum absolute atomic E-state index is 11.2. The van der Waals surface area contributed by atoms with Crippen molar-refractivity contribution in [3.63, 3.8) is 0 Å². The van der Waals surface area contributed by atoms with Crippen LogP contribution in [0.2, 0.25) is 0 Å². The minimum atomic E-state index is -0.779. The van der Waals surface area contributed by atoms with Crippen molar-refractivity contribution >= 4 is 23.0 Å². The summed E-state index contributed by atoms with van der Waals surface area (Å²) < 4.78 is 9.46. The molecule has 0 atom stereocenters. The zero-order valence-electron chi connectivity index (χ0n) is 8.96. The van der Waals surface area contributed by atoms with E-state index in [1.54, 1.807) is 13.8 Å². The normalized spacial score (nSPS) is 10.9. The van der Waals surface area contributed by atoms with Gasteiger partial charge in [-0.25, -0.2) is 4.79 Å². The molecule has 0 saturated heterocycles. The molecular formula is C9H16O4S. The number of esters is 1. The fourth-order valence-corrected chi connectivity index (χ4v) is 1.11. The molecule has 0 aromatic heterocycles. The number of ether oxygens (including phenoxy) is 2. The number of carbonyl (C=O) groups excluding carboxylic acids is 2. The summed E-state index contributed by atoms with van der Waals surface area (Å²) in [7, 11) is 1.31. The second-order valence-electron chi connectivity index (χ2n) is 3.35. The lowest BCUT2D eigenvalue weighted by Crippen LogP contribution is -2.31. The van der Waals surface area contributed by atoms with Gasteiger partial charge in [0.05, 0.1) is 12.5 Å². The summed E-state index contributed by atoms with van der Waals surface area (Å²) in [6, 6.07) is 0. The van der Waals surface area contributed by atoms with Crippen LogP contribution in [0.1, 0.15) is 20.8 Å². The lowest BCUT2D eigenvalue weighted by Gasteiger charge is -2.20. The Morgan fingerprint density at radius 1 is 1.36 bits per heavy atom. The maximum atomic E-state index is 11.2. The summed E-state index contributed by atoms with van der Waals surface area (Å²) in [6.07, 6.45) is 0. The molecule has 0 aromatic rings. The van der Waals surface area contributed by atoms with E-state index in [4.69, 9.17) is 4.74 Å². The second-order valence-corrected chi connectivity index (χ2v) is 4.55. The zero-order chi connectivity index (χ0) is 11.2. The van der Waals surface area contributed by atoms with E-state index in [9.17, 15) is 9.59 Å². The van der Waals surface area contributed by atoms with Gasteiger partial charge in [-0.2, -0.15) is 0 Å². The fourth-order valence-electron chi connectivity index (χ4n) is 0.734. The standard InChI is InChI=1S/C9H16O4S/c1-5-14-8(11)13-6-9(2,3)7(10)12-4/h5-6H2,1-4H3. The lowest BCUT2D eigenvalue weighted by molar-refractivity contribution is -0.152.